The lowest BCUT2D eigenvalue weighted by atomic mass is 10.1. The van der Waals surface area contributed by atoms with Gasteiger partial charge in [0.15, 0.2) is 0 Å². The van der Waals surface area contributed by atoms with Gasteiger partial charge in [-0.1, -0.05) is 6.07 Å². The predicted octanol–water partition coefficient (Wildman–Crippen LogP) is 1.69. The summed E-state index contributed by atoms with van der Waals surface area (Å²) in [6, 6.07) is 6.18. The number of hydrogen-bond acceptors (Lipinski definition) is 4. The minimum atomic E-state index is 0.127. The number of rotatable bonds is 7. The zero-order valence-corrected chi connectivity index (χ0v) is 16.7. The third-order valence-electron chi connectivity index (χ3n) is 5.21. The molecule has 0 unspecified atom stereocenters. The molecule has 2 amide bonds. The van der Waals surface area contributed by atoms with Gasteiger partial charge in [-0.05, 0) is 57.0 Å². The number of aryl methyl sites for hydroxylation is 2. The number of ether oxygens (including phenoxy) is 1. The fourth-order valence-electron chi connectivity index (χ4n) is 3.51. The monoisotopic (exact) mass is 373 g/mol. The maximum absolute atomic E-state index is 12.5. The summed E-state index contributed by atoms with van der Waals surface area (Å²) in [5.41, 5.74) is 2.38. The highest BCUT2D eigenvalue weighted by Crippen LogP contribution is 2.31. The molecule has 1 saturated heterocycles. The van der Waals surface area contributed by atoms with E-state index in [-0.39, 0.29) is 17.7 Å². The van der Waals surface area contributed by atoms with Crippen LogP contribution in [-0.4, -0.2) is 79.4 Å². The second-order valence-corrected chi connectivity index (χ2v) is 7.89. The van der Waals surface area contributed by atoms with Gasteiger partial charge < -0.3 is 14.5 Å². The number of carbonyl (C=O) groups is 2. The number of nitrogens with zero attached hydrogens (tertiary/aromatic N) is 3. The maximum Gasteiger partial charge on any atom is 0.236 e. The Balaban J connectivity index is 1.35. The zero-order chi connectivity index (χ0) is 19.4. The molecule has 6 heteroatoms. The van der Waals surface area contributed by atoms with E-state index in [1.807, 2.05) is 33.9 Å². The molecule has 27 heavy (non-hydrogen) atoms. The van der Waals surface area contributed by atoms with Gasteiger partial charge in [-0.15, -0.1) is 0 Å². The van der Waals surface area contributed by atoms with Crippen molar-refractivity contribution in [1.29, 1.82) is 0 Å². The molecule has 0 N–H and O–H groups in total. The summed E-state index contributed by atoms with van der Waals surface area (Å²) in [7, 11) is 1.94. The van der Waals surface area contributed by atoms with E-state index in [0.29, 0.717) is 45.9 Å². The van der Waals surface area contributed by atoms with E-state index < -0.39 is 0 Å². The van der Waals surface area contributed by atoms with Crippen molar-refractivity contribution in [3.8, 4) is 5.75 Å². The third kappa shape index (κ3) is 5.70. The standard InChI is InChI=1S/C21H31N3O3/c1-16-12-17(2)14-19(13-16)27-11-10-22(3)15-20(25)23-6-8-24(9-7-23)21(26)18-4-5-18/h12-14,18H,4-11,15H2,1-3H3. The number of hydrogen-bond donors (Lipinski definition) is 0. The quantitative estimate of drug-likeness (QED) is 0.730. The van der Waals surface area contributed by atoms with Gasteiger partial charge in [-0.2, -0.15) is 0 Å². The van der Waals surface area contributed by atoms with Crippen molar-refractivity contribution >= 4 is 11.8 Å². The first-order valence-corrected chi connectivity index (χ1v) is 9.88. The summed E-state index contributed by atoms with van der Waals surface area (Å²) in [6.07, 6.45) is 2.07. The topological polar surface area (TPSA) is 53.1 Å². The lowest BCUT2D eigenvalue weighted by molar-refractivity contribution is -0.140. The average molecular weight is 373 g/mol. The van der Waals surface area contributed by atoms with Gasteiger partial charge in [0.25, 0.3) is 0 Å². The number of carbonyl (C=O) groups excluding carboxylic acids is 2. The molecule has 0 atom stereocenters. The summed E-state index contributed by atoms with van der Waals surface area (Å²) in [5.74, 6) is 1.55. The van der Waals surface area contributed by atoms with E-state index in [0.717, 1.165) is 18.6 Å². The number of benzene rings is 1. The van der Waals surface area contributed by atoms with Gasteiger partial charge in [0.05, 0.1) is 6.54 Å². The van der Waals surface area contributed by atoms with Crippen molar-refractivity contribution < 1.29 is 14.3 Å². The minimum Gasteiger partial charge on any atom is -0.492 e. The molecule has 0 radical (unpaired) electrons. The van der Waals surface area contributed by atoms with Crippen LogP contribution in [0.3, 0.4) is 0 Å². The highest BCUT2D eigenvalue weighted by molar-refractivity contribution is 5.82. The first-order chi connectivity index (χ1) is 12.9. The molecule has 2 fully saturated rings. The van der Waals surface area contributed by atoms with Crippen molar-refractivity contribution in [3.05, 3.63) is 29.3 Å². The fourth-order valence-corrected chi connectivity index (χ4v) is 3.51. The molecule has 3 rings (SSSR count). The summed E-state index contributed by atoms with van der Waals surface area (Å²) >= 11 is 0. The first kappa shape index (κ1) is 19.7. The van der Waals surface area contributed by atoms with Crippen LogP contribution in [-0.2, 0) is 9.59 Å². The Morgan fingerprint density at radius 2 is 1.63 bits per heavy atom. The van der Waals surface area contributed by atoms with Gasteiger partial charge in [-0.25, -0.2) is 0 Å². The summed E-state index contributed by atoms with van der Waals surface area (Å²) < 4.78 is 5.82. The van der Waals surface area contributed by atoms with E-state index in [4.69, 9.17) is 4.74 Å². The van der Waals surface area contributed by atoms with Gasteiger partial charge in [0, 0.05) is 38.6 Å². The van der Waals surface area contributed by atoms with Crippen LogP contribution in [0.5, 0.6) is 5.75 Å². The summed E-state index contributed by atoms with van der Waals surface area (Å²) in [4.78, 5) is 30.4. The Hall–Kier alpha value is -2.08. The smallest absolute Gasteiger partial charge is 0.236 e. The van der Waals surface area contributed by atoms with Crippen LogP contribution < -0.4 is 4.74 Å². The Morgan fingerprint density at radius 1 is 1.04 bits per heavy atom. The molecule has 0 spiro atoms. The number of likely N-dealkylation sites (N-methyl/N-ethyl adjacent to an activating group) is 1. The Morgan fingerprint density at radius 3 is 2.22 bits per heavy atom. The lowest BCUT2D eigenvalue weighted by Gasteiger charge is -2.35. The molecule has 1 heterocycles. The molecule has 0 bridgehead atoms. The Bertz CT molecular complexity index is 659. The van der Waals surface area contributed by atoms with Crippen LogP contribution in [0.4, 0.5) is 0 Å². The van der Waals surface area contributed by atoms with E-state index in [1.54, 1.807) is 0 Å². The van der Waals surface area contributed by atoms with E-state index in [2.05, 4.69) is 19.9 Å². The molecule has 1 aliphatic heterocycles. The minimum absolute atomic E-state index is 0.127. The first-order valence-electron chi connectivity index (χ1n) is 9.88. The van der Waals surface area contributed by atoms with Crippen LogP contribution in [0.1, 0.15) is 24.0 Å². The summed E-state index contributed by atoms with van der Waals surface area (Å²) in [6.45, 7) is 8.36. The maximum atomic E-state index is 12.5. The second-order valence-electron chi connectivity index (χ2n) is 7.89. The molecule has 1 aliphatic carbocycles. The number of piperazine rings is 1. The number of amides is 2. The zero-order valence-electron chi connectivity index (χ0n) is 16.7. The normalized spacial score (nSPS) is 17.3. The largest absolute Gasteiger partial charge is 0.492 e. The van der Waals surface area contributed by atoms with Crippen molar-refractivity contribution in [3.63, 3.8) is 0 Å². The Labute approximate surface area is 162 Å². The van der Waals surface area contributed by atoms with Gasteiger partial charge in [0.1, 0.15) is 12.4 Å². The van der Waals surface area contributed by atoms with Crippen molar-refractivity contribution in [2.75, 3.05) is 52.9 Å². The van der Waals surface area contributed by atoms with Crippen LogP contribution >= 0.6 is 0 Å². The molecule has 148 valence electrons. The second kappa shape index (κ2) is 8.74. The van der Waals surface area contributed by atoms with Crippen LogP contribution in [0, 0.1) is 19.8 Å². The van der Waals surface area contributed by atoms with Crippen molar-refractivity contribution in [2.24, 2.45) is 5.92 Å². The Kier molecular flexibility index (Phi) is 6.37. The average Bonchev–Trinajstić information content (AvgIpc) is 3.45. The molecule has 1 saturated carbocycles. The van der Waals surface area contributed by atoms with Crippen molar-refractivity contribution in [2.45, 2.75) is 26.7 Å². The van der Waals surface area contributed by atoms with Gasteiger partial charge in [0.2, 0.25) is 11.8 Å². The van der Waals surface area contributed by atoms with E-state index in [1.165, 1.54) is 11.1 Å². The molecule has 1 aromatic carbocycles. The van der Waals surface area contributed by atoms with Crippen LogP contribution in [0.2, 0.25) is 0 Å². The van der Waals surface area contributed by atoms with E-state index >= 15 is 0 Å². The highest BCUT2D eigenvalue weighted by Gasteiger charge is 2.35. The lowest BCUT2D eigenvalue weighted by Crippen LogP contribution is -2.52. The van der Waals surface area contributed by atoms with Gasteiger partial charge >= 0.3 is 0 Å². The third-order valence-corrected chi connectivity index (χ3v) is 5.21. The SMILES string of the molecule is Cc1cc(C)cc(OCCN(C)CC(=O)N2CCN(C(=O)C3CC3)CC2)c1. The molecular formula is C21H31N3O3. The van der Waals surface area contributed by atoms with Crippen molar-refractivity contribution in [1.82, 2.24) is 14.7 Å². The van der Waals surface area contributed by atoms with Crippen LogP contribution in [0.25, 0.3) is 0 Å². The van der Waals surface area contributed by atoms with Crippen LogP contribution in [0.15, 0.2) is 18.2 Å². The molecule has 0 aromatic heterocycles. The molecular weight excluding hydrogens is 342 g/mol. The predicted molar refractivity (Wildman–Crippen MR) is 105 cm³/mol. The molecule has 2 aliphatic rings. The molecule has 1 aromatic rings. The fraction of sp³-hybridized carbons (Fsp3) is 0.619. The molecule has 6 nitrogen and oxygen atoms in total. The van der Waals surface area contributed by atoms with E-state index in [9.17, 15) is 9.59 Å². The highest BCUT2D eigenvalue weighted by atomic mass is 16.5. The summed E-state index contributed by atoms with van der Waals surface area (Å²) in [5, 5.41) is 0. The van der Waals surface area contributed by atoms with Gasteiger partial charge in [-0.3, -0.25) is 14.5 Å².